The Bertz CT molecular complexity index is 844. The molecule has 27 heavy (non-hydrogen) atoms. The Morgan fingerprint density at radius 1 is 1.26 bits per heavy atom. The number of benzene rings is 1. The topological polar surface area (TPSA) is 39.2 Å². The summed E-state index contributed by atoms with van der Waals surface area (Å²) in [6.07, 6.45) is 7.41. The maximum Gasteiger partial charge on any atom is 0.185 e. The van der Waals surface area contributed by atoms with Crippen LogP contribution in [0.1, 0.15) is 60.8 Å². The van der Waals surface area contributed by atoms with Crippen molar-refractivity contribution >= 4 is 17.4 Å². The number of hydrogen-bond donors (Lipinski definition) is 0. The van der Waals surface area contributed by atoms with E-state index in [0.717, 1.165) is 24.1 Å². The number of carbonyl (C=O) groups is 1. The van der Waals surface area contributed by atoms with Crippen LogP contribution in [-0.4, -0.2) is 10.8 Å². The van der Waals surface area contributed by atoms with Crippen molar-refractivity contribution in [2.45, 2.75) is 52.6 Å². The Balaban J connectivity index is 1.65. The zero-order valence-electron chi connectivity index (χ0n) is 16.0. The molecule has 3 nitrogen and oxygen atoms in total. The molecule has 1 atom stereocenters. The van der Waals surface area contributed by atoms with Crippen molar-refractivity contribution in [3.05, 3.63) is 70.0 Å². The Labute approximate surface area is 166 Å². The van der Waals surface area contributed by atoms with E-state index in [1.54, 1.807) is 6.07 Å². The molecule has 1 aliphatic carbocycles. The SMILES string of the molecule is Cc1ccc(OCc2cccc(C(=O)CC3=CCCCCC3C)n2)c(Cl)c1. The lowest BCUT2D eigenvalue weighted by Crippen LogP contribution is -2.09. The highest BCUT2D eigenvalue weighted by Gasteiger charge is 2.17. The molecular weight excluding hydrogens is 358 g/mol. The van der Waals surface area contributed by atoms with E-state index in [2.05, 4.69) is 18.0 Å². The third-order valence-electron chi connectivity index (χ3n) is 5.05. The highest BCUT2D eigenvalue weighted by molar-refractivity contribution is 6.32. The summed E-state index contributed by atoms with van der Waals surface area (Å²) in [5.74, 6) is 1.18. The lowest BCUT2D eigenvalue weighted by atomic mass is 9.93. The second-order valence-corrected chi connectivity index (χ2v) is 7.71. The average molecular weight is 384 g/mol. The second kappa shape index (κ2) is 9.18. The summed E-state index contributed by atoms with van der Waals surface area (Å²) in [4.78, 5) is 17.2. The van der Waals surface area contributed by atoms with Gasteiger partial charge in [-0.15, -0.1) is 0 Å². The largest absolute Gasteiger partial charge is 0.486 e. The first-order valence-corrected chi connectivity index (χ1v) is 9.97. The van der Waals surface area contributed by atoms with Gasteiger partial charge in [-0.05, 0) is 61.9 Å². The number of hydrogen-bond acceptors (Lipinski definition) is 3. The van der Waals surface area contributed by atoms with Gasteiger partial charge in [-0.25, -0.2) is 4.98 Å². The zero-order chi connectivity index (χ0) is 19.2. The number of ketones is 1. The molecule has 1 heterocycles. The normalized spacial score (nSPS) is 17.1. The van der Waals surface area contributed by atoms with E-state index >= 15 is 0 Å². The van der Waals surface area contributed by atoms with Crippen LogP contribution >= 0.6 is 11.6 Å². The molecule has 1 unspecified atom stereocenters. The first-order chi connectivity index (χ1) is 13.0. The standard InChI is InChI=1S/C23H26ClNO2/c1-16-11-12-23(20(24)13-16)27-15-19-9-6-10-21(25-19)22(26)14-18-8-5-3-4-7-17(18)2/h6,8-13,17H,3-5,7,14-15H2,1-2H3. The fourth-order valence-electron chi connectivity index (χ4n) is 3.38. The second-order valence-electron chi connectivity index (χ2n) is 7.30. The number of aromatic nitrogens is 1. The van der Waals surface area contributed by atoms with Crippen molar-refractivity contribution in [3.63, 3.8) is 0 Å². The number of ether oxygens (including phenoxy) is 1. The summed E-state index contributed by atoms with van der Waals surface area (Å²) in [5.41, 5.74) is 3.57. The van der Waals surface area contributed by atoms with Gasteiger partial charge in [0.1, 0.15) is 18.1 Å². The number of carbonyl (C=O) groups excluding carboxylic acids is 1. The number of halogens is 1. The molecule has 0 bridgehead atoms. The molecule has 3 rings (SSSR count). The first kappa shape index (κ1) is 19.6. The number of nitrogens with zero attached hydrogens (tertiary/aromatic N) is 1. The van der Waals surface area contributed by atoms with Crippen LogP contribution in [0.4, 0.5) is 0 Å². The fourth-order valence-corrected chi connectivity index (χ4v) is 3.67. The summed E-state index contributed by atoms with van der Waals surface area (Å²) in [6.45, 7) is 4.48. The molecule has 1 aromatic carbocycles. The van der Waals surface area contributed by atoms with Crippen molar-refractivity contribution in [3.8, 4) is 5.75 Å². The van der Waals surface area contributed by atoms with Crippen molar-refractivity contribution in [2.75, 3.05) is 0 Å². The van der Waals surface area contributed by atoms with Crippen LogP contribution in [0, 0.1) is 12.8 Å². The molecule has 142 valence electrons. The highest BCUT2D eigenvalue weighted by Crippen LogP contribution is 2.27. The van der Waals surface area contributed by atoms with Crippen molar-refractivity contribution in [2.24, 2.45) is 5.92 Å². The number of allylic oxidation sites excluding steroid dienone is 2. The van der Waals surface area contributed by atoms with E-state index in [4.69, 9.17) is 16.3 Å². The smallest absolute Gasteiger partial charge is 0.185 e. The van der Waals surface area contributed by atoms with Gasteiger partial charge in [0.2, 0.25) is 0 Å². The van der Waals surface area contributed by atoms with E-state index in [0.29, 0.717) is 28.8 Å². The summed E-state index contributed by atoms with van der Waals surface area (Å²) in [6, 6.07) is 11.2. The molecule has 0 fully saturated rings. The minimum Gasteiger partial charge on any atom is -0.486 e. The van der Waals surface area contributed by atoms with E-state index in [1.807, 2.05) is 37.3 Å². The Morgan fingerprint density at radius 3 is 2.93 bits per heavy atom. The van der Waals surface area contributed by atoms with Crippen molar-refractivity contribution < 1.29 is 9.53 Å². The minimum absolute atomic E-state index is 0.0743. The van der Waals surface area contributed by atoms with Crippen LogP contribution in [0.25, 0.3) is 0 Å². The molecule has 0 amide bonds. The maximum absolute atomic E-state index is 12.7. The molecule has 0 radical (unpaired) electrons. The van der Waals surface area contributed by atoms with Gasteiger partial charge in [0, 0.05) is 6.42 Å². The third kappa shape index (κ3) is 5.43. The van der Waals surface area contributed by atoms with Crippen LogP contribution in [-0.2, 0) is 6.61 Å². The van der Waals surface area contributed by atoms with Gasteiger partial charge >= 0.3 is 0 Å². The summed E-state index contributed by atoms with van der Waals surface area (Å²) >= 11 is 6.21. The average Bonchev–Trinajstić information content (AvgIpc) is 2.86. The molecule has 1 aliphatic rings. The van der Waals surface area contributed by atoms with E-state index in [1.165, 1.54) is 18.4 Å². The molecule has 2 aromatic rings. The molecule has 4 heteroatoms. The predicted molar refractivity (Wildman–Crippen MR) is 109 cm³/mol. The van der Waals surface area contributed by atoms with Crippen LogP contribution in [0.3, 0.4) is 0 Å². The molecule has 0 aliphatic heterocycles. The van der Waals surface area contributed by atoms with Crippen molar-refractivity contribution in [1.29, 1.82) is 0 Å². The number of pyridine rings is 1. The summed E-state index contributed by atoms with van der Waals surface area (Å²) in [7, 11) is 0. The number of rotatable bonds is 6. The first-order valence-electron chi connectivity index (χ1n) is 9.60. The van der Waals surface area contributed by atoms with Crippen LogP contribution < -0.4 is 4.74 Å². The van der Waals surface area contributed by atoms with E-state index in [-0.39, 0.29) is 12.4 Å². The van der Waals surface area contributed by atoms with Gasteiger partial charge in [-0.2, -0.15) is 0 Å². The van der Waals surface area contributed by atoms with Gasteiger partial charge in [0.05, 0.1) is 10.7 Å². The van der Waals surface area contributed by atoms with E-state index in [9.17, 15) is 4.79 Å². The van der Waals surface area contributed by atoms with Crippen molar-refractivity contribution in [1.82, 2.24) is 4.98 Å². The van der Waals surface area contributed by atoms with Gasteiger partial charge in [-0.1, -0.05) is 48.7 Å². The zero-order valence-corrected chi connectivity index (χ0v) is 16.8. The Kier molecular flexibility index (Phi) is 6.68. The van der Waals surface area contributed by atoms with Crippen LogP contribution in [0.15, 0.2) is 48.0 Å². The lowest BCUT2D eigenvalue weighted by Gasteiger charge is -2.13. The number of Topliss-reactive ketones (excluding diaryl/α,β-unsaturated/α-hetero) is 1. The van der Waals surface area contributed by atoms with Crippen LogP contribution in [0.5, 0.6) is 5.75 Å². The predicted octanol–water partition coefficient (Wildman–Crippen LogP) is 6.33. The lowest BCUT2D eigenvalue weighted by molar-refractivity contribution is 0.0984. The maximum atomic E-state index is 12.7. The monoisotopic (exact) mass is 383 g/mol. The molecule has 0 saturated carbocycles. The fraction of sp³-hybridized carbons (Fsp3) is 0.391. The molecule has 0 spiro atoms. The molecular formula is C23H26ClNO2. The van der Waals surface area contributed by atoms with Crippen LogP contribution in [0.2, 0.25) is 5.02 Å². The minimum atomic E-state index is 0.0743. The number of aryl methyl sites for hydroxylation is 1. The van der Waals surface area contributed by atoms with E-state index < -0.39 is 0 Å². The molecule has 1 aromatic heterocycles. The Morgan fingerprint density at radius 2 is 2.11 bits per heavy atom. The van der Waals surface area contributed by atoms with Gasteiger partial charge in [-0.3, -0.25) is 4.79 Å². The van der Waals surface area contributed by atoms with Gasteiger partial charge < -0.3 is 4.74 Å². The van der Waals surface area contributed by atoms with Gasteiger partial charge in [0.15, 0.2) is 5.78 Å². The summed E-state index contributed by atoms with van der Waals surface area (Å²) < 4.78 is 5.78. The van der Waals surface area contributed by atoms with Gasteiger partial charge in [0.25, 0.3) is 0 Å². The molecule has 0 saturated heterocycles. The third-order valence-corrected chi connectivity index (χ3v) is 5.35. The molecule has 0 N–H and O–H groups in total. The Hall–Kier alpha value is -2.13. The summed E-state index contributed by atoms with van der Waals surface area (Å²) in [5, 5.41) is 0.580. The quantitative estimate of drug-likeness (QED) is 0.432. The highest BCUT2D eigenvalue weighted by atomic mass is 35.5.